The number of hydrogen-bond acceptors (Lipinski definition) is 4. The van der Waals surface area contributed by atoms with Crippen molar-refractivity contribution in [1.82, 2.24) is 14.7 Å². The molecule has 1 saturated carbocycles. The molecule has 0 spiro atoms. The first-order valence-electron chi connectivity index (χ1n) is 10.3. The topological polar surface area (TPSA) is 84.1 Å². The summed E-state index contributed by atoms with van der Waals surface area (Å²) >= 11 is 0. The highest BCUT2D eigenvalue weighted by molar-refractivity contribution is 7.89. The molecule has 1 fully saturated rings. The van der Waals surface area contributed by atoms with Crippen molar-refractivity contribution in [3.05, 3.63) is 78.1 Å². The molecule has 4 aromatic rings. The normalized spacial score (nSPS) is 14.1. The molecular weight excluding hydrogens is 410 g/mol. The summed E-state index contributed by atoms with van der Waals surface area (Å²) in [5.74, 6) is 2.26. The van der Waals surface area contributed by atoms with Crippen molar-refractivity contribution < 1.29 is 13.2 Å². The van der Waals surface area contributed by atoms with Crippen molar-refractivity contribution in [2.24, 2.45) is 0 Å². The molecule has 7 heteroatoms. The van der Waals surface area contributed by atoms with Gasteiger partial charge in [-0.3, -0.25) is 0 Å². The highest BCUT2D eigenvalue weighted by atomic mass is 32.2. The van der Waals surface area contributed by atoms with Crippen molar-refractivity contribution in [3.8, 4) is 16.9 Å². The second-order valence-corrected chi connectivity index (χ2v) is 9.61. The lowest BCUT2D eigenvalue weighted by atomic mass is 10.1. The van der Waals surface area contributed by atoms with E-state index in [4.69, 9.17) is 4.74 Å². The van der Waals surface area contributed by atoms with Crippen LogP contribution in [0.2, 0.25) is 0 Å². The number of fused-ring (bicyclic) bond motifs is 1. The van der Waals surface area contributed by atoms with Crippen molar-refractivity contribution in [1.29, 1.82) is 0 Å². The van der Waals surface area contributed by atoms with E-state index >= 15 is 0 Å². The summed E-state index contributed by atoms with van der Waals surface area (Å²) in [6.45, 7) is 0.331. The third kappa shape index (κ3) is 4.06. The number of H-pyrrole nitrogens is 1. The molecule has 5 rings (SSSR count). The van der Waals surface area contributed by atoms with E-state index in [0.717, 1.165) is 34.1 Å². The standard InChI is InChI=1S/C24H23N3O3S/c1-25-31(28,29)23-5-3-2-4-20(23)18-10-13-21-22(14-18)27-24(26-21)15-30-19-11-8-17(9-12-19)16-6-7-16/h2-5,8-14,16,25H,6-7,15H2,1H3,(H,26,27). The van der Waals surface area contributed by atoms with E-state index in [2.05, 4.69) is 26.8 Å². The van der Waals surface area contributed by atoms with E-state index < -0.39 is 10.0 Å². The van der Waals surface area contributed by atoms with Gasteiger partial charge in [-0.15, -0.1) is 0 Å². The summed E-state index contributed by atoms with van der Waals surface area (Å²) in [5, 5.41) is 0. The second-order valence-electron chi connectivity index (χ2n) is 7.75. The summed E-state index contributed by atoms with van der Waals surface area (Å²) < 4.78 is 33.1. The van der Waals surface area contributed by atoms with Crippen molar-refractivity contribution in [3.63, 3.8) is 0 Å². The van der Waals surface area contributed by atoms with Gasteiger partial charge in [0.05, 0.1) is 15.9 Å². The molecule has 0 radical (unpaired) electrons. The predicted octanol–water partition coefficient (Wildman–Crippen LogP) is 4.59. The number of nitrogens with zero attached hydrogens (tertiary/aromatic N) is 1. The number of imidazole rings is 1. The molecule has 0 aliphatic heterocycles. The van der Waals surface area contributed by atoms with Gasteiger partial charge >= 0.3 is 0 Å². The molecule has 0 saturated heterocycles. The highest BCUT2D eigenvalue weighted by Crippen LogP contribution is 2.40. The predicted molar refractivity (Wildman–Crippen MR) is 121 cm³/mol. The molecule has 0 bridgehead atoms. The third-order valence-electron chi connectivity index (χ3n) is 5.59. The summed E-state index contributed by atoms with van der Waals surface area (Å²) in [5.41, 5.74) is 4.44. The van der Waals surface area contributed by atoms with Crippen LogP contribution in [-0.4, -0.2) is 25.4 Å². The van der Waals surface area contributed by atoms with Crippen molar-refractivity contribution in [2.45, 2.75) is 30.3 Å². The quantitative estimate of drug-likeness (QED) is 0.446. The maximum Gasteiger partial charge on any atom is 0.240 e. The SMILES string of the molecule is CNS(=O)(=O)c1ccccc1-c1ccc2[nH]c(COc3ccc(C4CC4)cc3)nc2c1. The fourth-order valence-electron chi connectivity index (χ4n) is 3.75. The van der Waals surface area contributed by atoms with Crippen LogP contribution in [0.4, 0.5) is 0 Å². The van der Waals surface area contributed by atoms with Crippen LogP contribution in [0.25, 0.3) is 22.2 Å². The minimum atomic E-state index is -3.57. The van der Waals surface area contributed by atoms with Gasteiger partial charge in [0, 0.05) is 5.56 Å². The molecule has 3 aromatic carbocycles. The summed E-state index contributed by atoms with van der Waals surface area (Å²) in [6.07, 6.45) is 2.57. The highest BCUT2D eigenvalue weighted by Gasteiger charge is 2.23. The van der Waals surface area contributed by atoms with E-state index in [1.165, 1.54) is 25.5 Å². The first-order chi connectivity index (χ1) is 15.0. The summed E-state index contributed by atoms with van der Waals surface area (Å²) in [4.78, 5) is 8.15. The maximum atomic E-state index is 12.4. The first kappa shape index (κ1) is 19.8. The van der Waals surface area contributed by atoms with Crippen molar-refractivity contribution in [2.75, 3.05) is 7.05 Å². The van der Waals surface area contributed by atoms with Crippen LogP contribution < -0.4 is 9.46 Å². The number of aromatic amines is 1. The largest absolute Gasteiger partial charge is 0.486 e. The number of hydrogen-bond donors (Lipinski definition) is 2. The Morgan fingerprint density at radius 2 is 1.84 bits per heavy atom. The smallest absolute Gasteiger partial charge is 0.240 e. The zero-order valence-corrected chi connectivity index (χ0v) is 17.9. The Labute approximate surface area is 181 Å². The van der Waals surface area contributed by atoms with Crippen molar-refractivity contribution >= 4 is 21.1 Å². The van der Waals surface area contributed by atoms with Crippen LogP contribution in [0.1, 0.15) is 30.1 Å². The fraction of sp³-hybridized carbons (Fsp3) is 0.208. The molecule has 0 unspecified atom stereocenters. The molecule has 1 aromatic heterocycles. The van der Waals surface area contributed by atoms with Gasteiger partial charge in [-0.2, -0.15) is 0 Å². The van der Waals surface area contributed by atoms with E-state index in [0.29, 0.717) is 12.2 Å². The Hall–Kier alpha value is -3.16. The lowest BCUT2D eigenvalue weighted by Gasteiger charge is -2.09. The fourth-order valence-corrected chi connectivity index (χ4v) is 4.70. The van der Waals surface area contributed by atoms with E-state index in [1.807, 2.05) is 36.4 Å². The summed E-state index contributed by atoms with van der Waals surface area (Å²) in [6, 6.07) is 20.9. The van der Waals surface area contributed by atoms with Crippen LogP contribution in [0.3, 0.4) is 0 Å². The van der Waals surface area contributed by atoms with Gasteiger partial charge in [0.15, 0.2) is 0 Å². The van der Waals surface area contributed by atoms with Gasteiger partial charge in [-0.1, -0.05) is 36.4 Å². The molecule has 1 aliphatic carbocycles. The third-order valence-corrected chi connectivity index (χ3v) is 7.07. The number of nitrogens with one attached hydrogen (secondary N) is 2. The maximum absolute atomic E-state index is 12.4. The van der Waals surface area contributed by atoms with Gasteiger partial charge < -0.3 is 9.72 Å². The first-order valence-corrected chi connectivity index (χ1v) is 11.8. The summed E-state index contributed by atoms with van der Waals surface area (Å²) in [7, 11) is -2.16. The van der Waals surface area contributed by atoms with Gasteiger partial charge in [-0.05, 0) is 67.3 Å². The molecule has 31 heavy (non-hydrogen) atoms. The lowest BCUT2D eigenvalue weighted by molar-refractivity contribution is 0.297. The van der Waals surface area contributed by atoms with Crippen LogP contribution in [0.5, 0.6) is 5.75 Å². The van der Waals surface area contributed by atoms with Crippen LogP contribution in [0, 0.1) is 0 Å². The van der Waals surface area contributed by atoms with Gasteiger partial charge in [0.25, 0.3) is 0 Å². The molecule has 1 heterocycles. The van der Waals surface area contributed by atoms with Crippen LogP contribution in [0.15, 0.2) is 71.6 Å². The number of ether oxygens (including phenoxy) is 1. The number of aromatic nitrogens is 2. The van der Waals surface area contributed by atoms with Crippen LogP contribution in [-0.2, 0) is 16.6 Å². The van der Waals surface area contributed by atoms with Crippen LogP contribution >= 0.6 is 0 Å². The monoisotopic (exact) mass is 433 g/mol. The minimum Gasteiger partial charge on any atom is -0.486 e. The molecule has 1 aliphatic rings. The Morgan fingerprint density at radius 1 is 1.06 bits per heavy atom. The molecule has 0 amide bonds. The van der Waals surface area contributed by atoms with Gasteiger partial charge in [0.1, 0.15) is 18.2 Å². The zero-order chi connectivity index (χ0) is 21.4. The Kier molecular flexibility index (Phi) is 5.00. The van der Waals surface area contributed by atoms with Gasteiger partial charge in [0.2, 0.25) is 10.0 Å². The van der Waals surface area contributed by atoms with E-state index in [-0.39, 0.29) is 4.90 Å². The number of benzene rings is 3. The van der Waals surface area contributed by atoms with E-state index in [9.17, 15) is 8.42 Å². The minimum absolute atomic E-state index is 0.241. The van der Waals surface area contributed by atoms with Gasteiger partial charge in [-0.25, -0.2) is 18.1 Å². The van der Waals surface area contributed by atoms with E-state index in [1.54, 1.807) is 18.2 Å². The average Bonchev–Trinajstić information content (AvgIpc) is 3.57. The Morgan fingerprint density at radius 3 is 2.58 bits per heavy atom. The molecule has 6 nitrogen and oxygen atoms in total. The number of sulfonamides is 1. The lowest BCUT2D eigenvalue weighted by Crippen LogP contribution is -2.19. The second kappa shape index (κ2) is 7.83. The molecule has 158 valence electrons. The zero-order valence-electron chi connectivity index (χ0n) is 17.1. The Balaban J connectivity index is 1.38. The molecular formula is C24H23N3O3S. The number of rotatable bonds is 7. The Bertz CT molecular complexity index is 1340. The molecule has 0 atom stereocenters. The average molecular weight is 434 g/mol. The molecule has 2 N–H and O–H groups in total.